The molecule has 0 N–H and O–H groups in total. The molecule has 4 rings (SSSR count). The van der Waals surface area contributed by atoms with Gasteiger partial charge in [0, 0.05) is 24.4 Å². The molecular weight excluding hydrogens is 386 g/mol. The lowest BCUT2D eigenvalue weighted by atomic mass is 10.0. The van der Waals surface area contributed by atoms with Gasteiger partial charge in [-0.2, -0.15) is 0 Å². The van der Waals surface area contributed by atoms with E-state index in [1.807, 2.05) is 78.9 Å². The summed E-state index contributed by atoms with van der Waals surface area (Å²) < 4.78 is 12.0. The number of benzene rings is 3. The van der Waals surface area contributed by atoms with Crippen LogP contribution in [-0.2, 0) is 11.2 Å². The molecule has 0 aliphatic rings. The summed E-state index contributed by atoms with van der Waals surface area (Å²) in [5.41, 5.74) is 3.02. The molecule has 0 amide bonds. The molecule has 0 saturated carbocycles. The molecule has 0 unspecified atom stereocenters. The van der Waals surface area contributed by atoms with Crippen molar-refractivity contribution >= 4 is 5.78 Å². The summed E-state index contributed by atoms with van der Waals surface area (Å²) in [7, 11) is 0. The number of pyridine rings is 1. The van der Waals surface area contributed by atoms with Gasteiger partial charge < -0.3 is 14.3 Å². The summed E-state index contributed by atoms with van der Waals surface area (Å²) in [5.74, 6) is 3.15. The number of Topliss-reactive ketones (excluding diaryl/α,β-unsaturated/α-hetero) is 1. The fourth-order valence-corrected chi connectivity index (χ4v) is 3.23. The van der Waals surface area contributed by atoms with Crippen LogP contribution in [0.2, 0.25) is 0 Å². The molecule has 0 aliphatic carbocycles. The largest absolute Gasteiger partial charge is 0.457 e. The first-order chi connectivity index (χ1) is 15.2. The predicted octanol–water partition coefficient (Wildman–Crippen LogP) is 6.85. The molecule has 4 nitrogen and oxygen atoms in total. The number of rotatable bonds is 8. The molecule has 1 heterocycles. The van der Waals surface area contributed by atoms with Crippen LogP contribution < -0.4 is 9.47 Å². The van der Waals surface area contributed by atoms with Crippen LogP contribution >= 0.6 is 0 Å². The van der Waals surface area contributed by atoms with Crippen molar-refractivity contribution in [3.8, 4) is 34.1 Å². The Hall–Kier alpha value is -3.92. The number of carbonyl (C=O) groups excluding carboxylic acids is 1. The lowest BCUT2D eigenvalue weighted by Gasteiger charge is -2.12. The zero-order chi connectivity index (χ0) is 21.5. The van der Waals surface area contributed by atoms with Crippen LogP contribution in [0.1, 0.15) is 18.9 Å². The first-order valence-electron chi connectivity index (χ1n) is 10.2. The van der Waals surface area contributed by atoms with E-state index in [1.54, 1.807) is 19.3 Å². The van der Waals surface area contributed by atoms with Crippen LogP contribution in [0.3, 0.4) is 0 Å². The Kier molecular flexibility index (Phi) is 6.38. The molecule has 3 aromatic carbocycles. The van der Waals surface area contributed by atoms with Crippen molar-refractivity contribution < 1.29 is 14.3 Å². The highest BCUT2D eigenvalue weighted by molar-refractivity contribution is 5.76. The van der Waals surface area contributed by atoms with Gasteiger partial charge in [-0.05, 0) is 66.9 Å². The number of aryl methyl sites for hydroxylation is 1. The summed E-state index contributed by atoms with van der Waals surface area (Å²) in [5, 5.41) is 0. The Morgan fingerprint density at radius 1 is 0.806 bits per heavy atom. The molecule has 1 aromatic heterocycles. The van der Waals surface area contributed by atoms with Gasteiger partial charge in [0.05, 0.1) is 0 Å². The van der Waals surface area contributed by atoms with Crippen molar-refractivity contribution in [2.75, 3.05) is 0 Å². The molecule has 0 atom stereocenters. The van der Waals surface area contributed by atoms with E-state index in [2.05, 4.69) is 11.1 Å². The smallest absolute Gasteiger partial charge is 0.138 e. The third-order valence-corrected chi connectivity index (χ3v) is 4.82. The fourth-order valence-electron chi connectivity index (χ4n) is 3.23. The molecule has 31 heavy (non-hydrogen) atoms. The van der Waals surface area contributed by atoms with Gasteiger partial charge in [0.25, 0.3) is 0 Å². The average Bonchev–Trinajstić information content (AvgIpc) is 2.80. The quantitative estimate of drug-likeness (QED) is 0.319. The zero-order valence-corrected chi connectivity index (χ0v) is 17.3. The van der Waals surface area contributed by atoms with Crippen molar-refractivity contribution in [1.29, 1.82) is 0 Å². The van der Waals surface area contributed by atoms with Gasteiger partial charge in [0.2, 0.25) is 0 Å². The van der Waals surface area contributed by atoms with Gasteiger partial charge in [-0.1, -0.05) is 42.5 Å². The second kappa shape index (κ2) is 9.72. The summed E-state index contributed by atoms with van der Waals surface area (Å²) in [4.78, 5) is 15.6. The third-order valence-electron chi connectivity index (χ3n) is 4.82. The van der Waals surface area contributed by atoms with Gasteiger partial charge in [0.1, 0.15) is 28.8 Å². The maximum Gasteiger partial charge on any atom is 0.138 e. The molecular formula is C27H23NO3. The maximum atomic E-state index is 11.3. The van der Waals surface area contributed by atoms with Crippen molar-refractivity contribution in [3.05, 3.63) is 103 Å². The number of nitrogens with zero attached hydrogens (tertiary/aromatic N) is 1. The molecule has 154 valence electrons. The van der Waals surface area contributed by atoms with E-state index in [9.17, 15) is 4.79 Å². The standard InChI is InChI=1S/C27H23NO3/c1-20(29)10-11-21-6-5-7-22(18-21)26-19-28-17-16-27(26)31-25-14-12-24(13-15-25)30-23-8-3-2-4-9-23/h2-9,12-19H,10-11H2,1H3. The predicted molar refractivity (Wildman–Crippen MR) is 122 cm³/mol. The number of para-hydroxylation sites is 1. The first kappa shape index (κ1) is 20.4. The monoisotopic (exact) mass is 409 g/mol. The van der Waals surface area contributed by atoms with Crippen LogP contribution in [0.25, 0.3) is 11.1 Å². The molecule has 0 spiro atoms. The Balaban J connectivity index is 1.51. The van der Waals surface area contributed by atoms with Crippen LogP contribution in [0, 0.1) is 0 Å². The Morgan fingerprint density at radius 2 is 1.52 bits per heavy atom. The number of carbonyl (C=O) groups is 1. The summed E-state index contributed by atoms with van der Waals surface area (Å²) in [6, 6.07) is 27.2. The Morgan fingerprint density at radius 3 is 2.26 bits per heavy atom. The van der Waals surface area contributed by atoms with Crippen LogP contribution in [-0.4, -0.2) is 10.8 Å². The van der Waals surface area contributed by atoms with Crippen LogP contribution in [0.15, 0.2) is 97.3 Å². The lowest BCUT2D eigenvalue weighted by Crippen LogP contribution is -1.95. The van der Waals surface area contributed by atoms with E-state index in [1.165, 1.54) is 0 Å². The van der Waals surface area contributed by atoms with E-state index in [4.69, 9.17) is 9.47 Å². The average molecular weight is 409 g/mol. The first-order valence-corrected chi connectivity index (χ1v) is 10.2. The molecule has 0 saturated heterocycles. The normalized spacial score (nSPS) is 10.5. The fraction of sp³-hybridized carbons (Fsp3) is 0.111. The van der Waals surface area contributed by atoms with E-state index in [0.29, 0.717) is 12.2 Å². The minimum atomic E-state index is 0.190. The summed E-state index contributed by atoms with van der Waals surface area (Å²) in [6.07, 6.45) is 4.78. The highest BCUT2D eigenvalue weighted by atomic mass is 16.5. The molecule has 4 aromatic rings. The second-order valence-electron chi connectivity index (χ2n) is 7.26. The minimum Gasteiger partial charge on any atom is -0.457 e. The van der Waals surface area contributed by atoms with Crippen LogP contribution in [0.5, 0.6) is 23.0 Å². The molecule has 0 bridgehead atoms. The Bertz CT molecular complexity index is 1150. The zero-order valence-electron chi connectivity index (χ0n) is 17.3. The number of aromatic nitrogens is 1. The SMILES string of the molecule is CC(=O)CCc1cccc(-c2cnccc2Oc2ccc(Oc3ccccc3)cc2)c1. The summed E-state index contributed by atoms with van der Waals surface area (Å²) >= 11 is 0. The summed E-state index contributed by atoms with van der Waals surface area (Å²) in [6.45, 7) is 1.62. The van der Waals surface area contributed by atoms with Gasteiger partial charge >= 0.3 is 0 Å². The molecule has 4 heteroatoms. The number of ketones is 1. The lowest BCUT2D eigenvalue weighted by molar-refractivity contribution is -0.116. The van der Waals surface area contributed by atoms with Crippen molar-refractivity contribution in [1.82, 2.24) is 4.98 Å². The van der Waals surface area contributed by atoms with E-state index >= 15 is 0 Å². The van der Waals surface area contributed by atoms with Crippen molar-refractivity contribution in [2.45, 2.75) is 19.8 Å². The number of hydrogen-bond donors (Lipinski definition) is 0. The highest BCUT2D eigenvalue weighted by Crippen LogP contribution is 2.34. The van der Waals surface area contributed by atoms with Crippen molar-refractivity contribution in [2.24, 2.45) is 0 Å². The van der Waals surface area contributed by atoms with Crippen LogP contribution in [0.4, 0.5) is 0 Å². The van der Waals surface area contributed by atoms with Gasteiger partial charge in [0.15, 0.2) is 0 Å². The second-order valence-corrected chi connectivity index (χ2v) is 7.26. The topological polar surface area (TPSA) is 48.4 Å². The maximum absolute atomic E-state index is 11.3. The van der Waals surface area contributed by atoms with Crippen molar-refractivity contribution in [3.63, 3.8) is 0 Å². The van der Waals surface area contributed by atoms with E-state index < -0.39 is 0 Å². The minimum absolute atomic E-state index is 0.190. The highest BCUT2D eigenvalue weighted by Gasteiger charge is 2.09. The number of ether oxygens (including phenoxy) is 2. The van der Waals surface area contributed by atoms with Gasteiger partial charge in [-0.3, -0.25) is 4.98 Å². The third kappa shape index (κ3) is 5.58. The number of hydrogen-bond acceptors (Lipinski definition) is 4. The molecule has 0 radical (unpaired) electrons. The molecule has 0 fully saturated rings. The van der Waals surface area contributed by atoms with Gasteiger partial charge in [-0.15, -0.1) is 0 Å². The Labute approximate surface area is 182 Å². The van der Waals surface area contributed by atoms with E-state index in [0.717, 1.165) is 40.4 Å². The van der Waals surface area contributed by atoms with E-state index in [-0.39, 0.29) is 5.78 Å². The molecule has 0 aliphatic heterocycles. The van der Waals surface area contributed by atoms with Gasteiger partial charge in [-0.25, -0.2) is 0 Å².